The van der Waals surface area contributed by atoms with Crippen LogP contribution in [0.25, 0.3) is 0 Å². The van der Waals surface area contributed by atoms with Crippen LogP contribution in [0.15, 0.2) is 24.3 Å². The maximum atomic E-state index is 11.9. The van der Waals surface area contributed by atoms with E-state index in [-0.39, 0.29) is 5.91 Å². The fourth-order valence-corrected chi connectivity index (χ4v) is 1.55. The molecule has 122 valence electrons. The summed E-state index contributed by atoms with van der Waals surface area (Å²) in [4.78, 5) is 16.7. The van der Waals surface area contributed by atoms with Crippen LogP contribution in [0.5, 0.6) is 0 Å². The highest BCUT2D eigenvalue weighted by molar-refractivity contribution is 6.60. The van der Waals surface area contributed by atoms with E-state index in [4.69, 9.17) is 9.49 Å². The highest BCUT2D eigenvalue weighted by atomic mass is 16.7. The van der Waals surface area contributed by atoms with Crippen LogP contribution in [0.2, 0.25) is 0 Å². The van der Waals surface area contributed by atoms with Crippen LogP contribution in [0.4, 0.5) is 0 Å². The molecule has 0 saturated heterocycles. The molecule has 0 aliphatic carbocycles. The SMILES string of the molecule is CON(C)C(=O)c1ccc(B(O)OC(C)(C)C(C)(C)O)cc1. The van der Waals surface area contributed by atoms with Crippen LogP contribution >= 0.6 is 0 Å². The Morgan fingerprint density at radius 3 is 2.09 bits per heavy atom. The van der Waals surface area contributed by atoms with Crippen LogP contribution < -0.4 is 5.46 Å². The first-order chi connectivity index (χ1) is 9.99. The van der Waals surface area contributed by atoms with Gasteiger partial charge in [0.25, 0.3) is 5.91 Å². The van der Waals surface area contributed by atoms with Crippen molar-refractivity contribution >= 4 is 18.5 Å². The molecule has 1 aromatic rings. The van der Waals surface area contributed by atoms with Crippen molar-refractivity contribution in [1.82, 2.24) is 5.06 Å². The molecule has 0 heterocycles. The summed E-state index contributed by atoms with van der Waals surface area (Å²) < 4.78 is 5.54. The molecule has 2 N–H and O–H groups in total. The smallest absolute Gasteiger partial charge is 0.423 e. The first-order valence-corrected chi connectivity index (χ1v) is 7.00. The molecule has 0 atom stereocenters. The molecule has 0 aliphatic rings. The maximum Gasteiger partial charge on any atom is 0.491 e. The number of hydrogen-bond donors (Lipinski definition) is 2. The first kappa shape index (κ1) is 18.6. The predicted molar refractivity (Wildman–Crippen MR) is 84.6 cm³/mol. The van der Waals surface area contributed by atoms with E-state index in [1.54, 1.807) is 52.0 Å². The monoisotopic (exact) mass is 309 g/mol. The minimum absolute atomic E-state index is 0.290. The van der Waals surface area contributed by atoms with Crippen LogP contribution in [0.1, 0.15) is 38.1 Å². The zero-order valence-corrected chi connectivity index (χ0v) is 14.0. The number of hydrogen-bond acceptors (Lipinski definition) is 5. The Bertz CT molecular complexity index is 510. The first-order valence-electron chi connectivity index (χ1n) is 7.00. The Morgan fingerprint density at radius 1 is 1.18 bits per heavy atom. The Hall–Kier alpha value is -1.41. The molecule has 0 fully saturated rings. The summed E-state index contributed by atoms with van der Waals surface area (Å²) >= 11 is 0. The lowest BCUT2D eigenvalue weighted by molar-refractivity contribution is -0.0982. The third-order valence-electron chi connectivity index (χ3n) is 3.88. The molecule has 0 spiro atoms. The van der Waals surface area contributed by atoms with Gasteiger partial charge in [-0.25, -0.2) is 5.06 Å². The summed E-state index contributed by atoms with van der Waals surface area (Å²) in [6.07, 6.45) is 0. The number of benzene rings is 1. The van der Waals surface area contributed by atoms with Gasteiger partial charge < -0.3 is 14.8 Å². The van der Waals surface area contributed by atoms with Crippen molar-refractivity contribution in [2.75, 3.05) is 14.2 Å². The maximum absolute atomic E-state index is 11.9. The molecule has 1 rings (SSSR count). The summed E-state index contributed by atoms with van der Waals surface area (Å²) in [5.74, 6) is -0.290. The van der Waals surface area contributed by atoms with Gasteiger partial charge in [-0.05, 0) is 45.3 Å². The van der Waals surface area contributed by atoms with E-state index in [1.807, 2.05) is 0 Å². The number of amides is 1. The zero-order chi connectivity index (χ0) is 17.1. The van der Waals surface area contributed by atoms with Crippen molar-refractivity contribution in [3.05, 3.63) is 29.8 Å². The second kappa shape index (κ2) is 6.79. The second-order valence-electron chi connectivity index (χ2n) is 6.15. The highest BCUT2D eigenvalue weighted by Gasteiger charge is 2.39. The van der Waals surface area contributed by atoms with Crippen molar-refractivity contribution in [3.63, 3.8) is 0 Å². The summed E-state index contributed by atoms with van der Waals surface area (Å²) in [6, 6.07) is 6.36. The average molecular weight is 309 g/mol. The largest absolute Gasteiger partial charge is 0.491 e. The number of hydroxylamine groups is 2. The topological polar surface area (TPSA) is 79.2 Å². The second-order valence-corrected chi connectivity index (χ2v) is 6.15. The molecule has 1 amide bonds. The van der Waals surface area contributed by atoms with E-state index in [0.29, 0.717) is 11.0 Å². The fraction of sp³-hybridized carbons (Fsp3) is 0.533. The normalized spacial score (nSPS) is 12.2. The zero-order valence-electron chi connectivity index (χ0n) is 14.0. The van der Waals surface area contributed by atoms with Crippen molar-refractivity contribution in [1.29, 1.82) is 0 Å². The standard InChI is InChI=1S/C15H24BNO5/c1-14(2,19)15(3,4)22-16(20)12-9-7-11(8-10-12)13(18)17(5)21-6/h7-10,19-20H,1-6H3. The van der Waals surface area contributed by atoms with E-state index in [2.05, 4.69) is 0 Å². The predicted octanol–water partition coefficient (Wildman–Crippen LogP) is 0.574. The average Bonchev–Trinajstić information content (AvgIpc) is 2.44. The Labute approximate surface area is 131 Å². The summed E-state index contributed by atoms with van der Waals surface area (Å²) in [7, 11) is 1.72. The van der Waals surface area contributed by atoms with Gasteiger partial charge in [-0.1, -0.05) is 12.1 Å². The Balaban J connectivity index is 2.85. The third-order valence-corrected chi connectivity index (χ3v) is 3.88. The van der Waals surface area contributed by atoms with Gasteiger partial charge in [0.1, 0.15) is 0 Å². The van der Waals surface area contributed by atoms with Crippen LogP contribution in [0, 0.1) is 0 Å². The summed E-state index contributed by atoms with van der Waals surface area (Å²) in [6.45, 7) is 6.62. The summed E-state index contributed by atoms with van der Waals surface area (Å²) in [5.41, 5.74) is -1.14. The molecule has 6 nitrogen and oxygen atoms in total. The van der Waals surface area contributed by atoms with Gasteiger partial charge in [-0.2, -0.15) is 0 Å². The number of aliphatic hydroxyl groups is 1. The molecule has 0 aromatic heterocycles. The minimum Gasteiger partial charge on any atom is -0.423 e. The number of rotatable bonds is 6. The van der Waals surface area contributed by atoms with Gasteiger partial charge in [-0.3, -0.25) is 9.63 Å². The van der Waals surface area contributed by atoms with Gasteiger partial charge in [0.2, 0.25) is 0 Å². The number of nitrogens with zero attached hydrogens (tertiary/aromatic N) is 1. The van der Waals surface area contributed by atoms with E-state index in [1.165, 1.54) is 14.2 Å². The number of carbonyl (C=O) groups excluding carboxylic acids is 1. The quantitative estimate of drug-likeness (QED) is 0.593. The van der Waals surface area contributed by atoms with Crippen LogP contribution in [0.3, 0.4) is 0 Å². The highest BCUT2D eigenvalue weighted by Crippen LogP contribution is 2.25. The van der Waals surface area contributed by atoms with Crippen molar-refractivity contribution in [2.45, 2.75) is 38.9 Å². The van der Waals surface area contributed by atoms with Gasteiger partial charge >= 0.3 is 7.12 Å². The minimum atomic E-state index is -1.20. The molecule has 7 heteroatoms. The lowest BCUT2D eigenvalue weighted by Gasteiger charge is -2.38. The van der Waals surface area contributed by atoms with Crippen LogP contribution in [-0.4, -0.2) is 53.6 Å². The van der Waals surface area contributed by atoms with E-state index < -0.39 is 18.3 Å². The fourth-order valence-electron chi connectivity index (χ4n) is 1.55. The molecule has 22 heavy (non-hydrogen) atoms. The lowest BCUT2D eigenvalue weighted by atomic mass is 9.76. The summed E-state index contributed by atoms with van der Waals surface area (Å²) in [5, 5.41) is 21.3. The Kier molecular flexibility index (Phi) is 5.75. The molecule has 0 bridgehead atoms. The van der Waals surface area contributed by atoms with Crippen molar-refractivity contribution in [3.8, 4) is 0 Å². The Morgan fingerprint density at radius 2 is 1.68 bits per heavy atom. The molecular weight excluding hydrogens is 285 g/mol. The molecule has 1 aromatic carbocycles. The molecule has 0 radical (unpaired) electrons. The van der Waals surface area contributed by atoms with Gasteiger partial charge in [-0.15, -0.1) is 0 Å². The number of carbonyl (C=O) groups is 1. The van der Waals surface area contributed by atoms with Crippen molar-refractivity contribution in [2.24, 2.45) is 0 Å². The molecular formula is C15H24BNO5. The van der Waals surface area contributed by atoms with Gasteiger partial charge in [0.15, 0.2) is 0 Å². The molecule has 0 saturated carbocycles. The van der Waals surface area contributed by atoms with Gasteiger partial charge in [0.05, 0.1) is 18.3 Å². The van der Waals surface area contributed by atoms with E-state index in [9.17, 15) is 14.9 Å². The van der Waals surface area contributed by atoms with Gasteiger partial charge in [0, 0.05) is 12.6 Å². The van der Waals surface area contributed by atoms with E-state index >= 15 is 0 Å². The van der Waals surface area contributed by atoms with Crippen molar-refractivity contribution < 1.29 is 24.4 Å². The molecule has 0 unspecified atom stereocenters. The lowest BCUT2D eigenvalue weighted by Crippen LogP contribution is -2.53. The van der Waals surface area contributed by atoms with E-state index in [0.717, 1.165) is 5.06 Å². The van der Waals surface area contributed by atoms with Crippen LogP contribution in [-0.2, 0) is 9.49 Å². The molecule has 0 aliphatic heterocycles. The third kappa shape index (κ3) is 4.30.